The van der Waals surface area contributed by atoms with Gasteiger partial charge in [0.15, 0.2) is 0 Å². The second-order valence-corrected chi connectivity index (χ2v) is 8.76. The minimum Gasteiger partial charge on any atom is -0.322 e. The molecule has 0 spiro atoms. The van der Waals surface area contributed by atoms with Gasteiger partial charge in [-0.15, -0.1) is 10.8 Å². The van der Waals surface area contributed by atoms with Crippen LogP contribution in [0.4, 0.5) is 17.1 Å². The number of hydrogen-bond donors (Lipinski definition) is 3. The van der Waals surface area contributed by atoms with Crippen LogP contribution in [-0.4, -0.2) is 32.2 Å². The first kappa shape index (κ1) is 19.7. The zero-order valence-electron chi connectivity index (χ0n) is 13.8. The molecule has 144 valence electrons. The maximum Gasteiger partial charge on any atom is 0.289 e. The summed E-state index contributed by atoms with van der Waals surface area (Å²) in [6, 6.07) is 8.44. The van der Waals surface area contributed by atoms with Crippen LogP contribution < -0.4 is 9.62 Å². The lowest BCUT2D eigenvalue weighted by atomic mass is 10.1. The third-order valence-corrected chi connectivity index (χ3v) is 6.59. The largest absolute Gasteiger partial charge is 0.322 e. The molecule has 1 saturated heterocycles. The zero-order chi connectivity index (χ0) is 19.8. The summed E-state index contributed by atoms with van der Waals surface area (Å²) in [7, 11) is -2.86. The number of nitrogens with one attached hydrogen (secondary N) is 1. The Morgan fingerprint density at radius 3 is 2.52 bits per heavy atom. The lowest BCUT2D eigenvalue weighted by Crippen LogP contribution is -2.22. The predicted octanol–water partition coefficient (Wildman–Crippen LogP) is 5.03. The van der Waals surface area contributed by atoms with Crippen molar-refractivity contribution in [3.63, 3.8) is 0 Å². The fourth-order valence-corrected chi connectivity index (χ4v) is 4.78. The molecule has 0 saturated carbocycles. The Balaban J connectivity index is 1.82. The number of hydrogen-bond acceptors (Lipinski definition) is 6. The van der Waals surface area contributed by atoms with E-state index in [0.717, 1.165) is 6.07 Å². The normalized spacial score (nSPS) is 16.8. The van der Waals surface area contributed by atoms with Crippen LogP contribution in [0.15, 0.2) is 36.4 Å². The monoisotopic (exact) mass is 431 g/mol. The van der Waals surface area contributed by atoms with Crippen LogP contribution in [0.2, 0.25) is 10.0 Å². The second kappa shape index (κ2) is 7.53. The number of nitro groups is 1. The first-order valence-electron chi connectivity index (χ1n) is 7.77. The highest BCUT2D eigenvalue weighted by Gasteiger charge is 2.29. The van der Waals surface area contributed by atoms with E-state index in [1.54, 1.807) is 6.07 Å². The Morgan fingerprint density at radius 2 is 1.93 bits per heavy atom. The molecule has 11 heteroatoms. The molecular weight excluding hydrogens is 417 g/mol. The summed E-state index contributed by atoms with van der Waals surface area (Å²) in [4.78, 5) is 22.8. The van der Waals surface area contributed by atoms with Gasteiger partial charge < -0.3 is 5.32 Å². The van der Waals surface area contributed by atoms with Crippen molar-refractivity contribution in [3.8, 4) is 0 Å². The summed E-state index contributed by atoms with van der Waals surface area (Å²) < 4.78 is 21.6. The molecular formula is C16H15Cl2N3O5S. The molecule has 1 fully saturated rings. The SMILES string of the molecule is O=C(Nc1ccc(Cl)c([N+](=O)[O-])c1)c1ccc(N2CCCS2(O)O)cc1Cl. The second-order valence-electron chi connectivity index (χ2n) is 5.83. The van der Waals surface area contributed by atoms with Crippen LogP contribution in [0.25, 0.3) is 0 Å². The van der Waals surface area contributed by atoms with E-state index in [4.69, 9.17) is 23.2 Å². The highest BCUT2D eigenvalue weighted by molar-refractivity contribution is 8.25. The molecule has 1 aliphatic rings. The van der Waals surface area contributed by atoms with Crippen molar-refractivity contribution >= 4 is 56.9 Å². The van der Waals surface area contributed by atoms with E-state index < -0.39 is 21.6 Å². The van der Waals surface area contributed by atoms with Gasteiger partial charge in [-0.2, -0.15) is 0 Å². The number of halogens is 2. The Bertz CT molecular complexity index is 925. The Morgan fingerprint density at radius 1 is 1.19 bits per heavy atom. The molecule has 2 aromatic rings. The lowest BCUT2D eigenvalue weighted by molar-refractivity contribution is -0.384. The molecule has 27 heavy (non-hydrogen) atoms. The van der Waals surface area contributed by atoms with Gasteiger partial charge in [0, 0.05) is 18.3 Å². The molecule has 0 radical (unpaired) electrons. The number of nitro benzene ring substituents is 1. The van der Waals surface area contributed by atoms with Crippen molar-refractivity contribution in [2.24, 2.45) is 0 Å². The Hall–Kier alpha value is -2.04. The van der Waals surface area contributed by atoms with E-state index in [1.807, 2.05) is 0 Å². The molecule has 8 nitrogen and oxygen atoms in total. The summed E-state index contributed by atoms with van der Waals surface area (Å²) in [5, 5.41) is 13.6. The molecule has 0 atom stereocenters. The Kier molecular flexibility index (Phi) is 5.50. The quantitative estimate of drug-likeness (QED) is 0.461. The summed E-state index contributed by atoms with van der Waals surface area (Å²) in [6.07, 6.45) is 0.650. The minimum atomic E-state index is -2.86. The number of nitrogens with zero attached hydrogens (tertiary/aromatic N) is 2. The highest BCUT2D eigenvalue weighted by atomic mass is 35.5. The number of anilines is 2. The van der Waals surface area contributed by atoms with Gasteiger partial charge in [-0.05, 0) is 36.8 Å². The molecule has 0 unspecified atom stereocenters. The van der Waals surface area contributed by atoms with Gasteiger partial charge in [0.2, 0.25) is 0 Å². The topological polar surface area (TPSA) is 116 Å². The maximum atomic E-state index is 12.5. The lowest BCUT2D eigenvalue weighted by Gasteiger charge is -2.38. The molecule has 0 bridgehead atoms. The molecule has 2 aromatic carbocycles. The van der Waals surface area contributed by atoms with Crippen LogP contribution >= 0.6 is 34.0 Å². The summed E-state index contributed by atoms with van der Waals surface area (Å²) in [6.45, 7) is 0.485. The fourth-order valence-electron chi connectivity index (χ4n) is 2.73. The molecule has 0 aliphatic carbocycles. The average Bonchev–Trinajstić information content (AvgIpc) is 2.95. The molecule has 1 aliphatic heterocycles. The highest BCUT2D eigenvalue weighted by Crippen LogP contribution is 2.51. The van der Waals surface area contributed by atoms with Gasteiger partial charge in [-0.25, -0.2) is 0 Å². The van der Waals surface area contributed by atoms with E-state index in [1.165, 1.54) is 28.6 Å². The number of amides is 1. The van der Waals surface area contributed by atoms with Gasteiger partial charge in [0.1, 0.15) is 5.02 Å². The van der Waals surface area contributed by atoms with Crippen molar-refractivity contribution in [1.82, 2.24) is 0 Å². The van der Waals surface area contributed by atoms with E-state index in [0.29, 0.717) is 24.4 Å². The first-order chi connectivity index (χ1) is 12.7. The summed E-state index contributed by atoms with van der Waals surface area (Å²) in [5.41, 5.74) is 0.532. The van der Waals surface area contributed by atoms with Crippen molar-refractivity contribution in [1.29, 1.82) is 0 Å². The van der Waals surface area contributed by atoms with Crippen LogP contribution in [-0.2, 0) is 0 Å². The van der Waals surface area contributed by atoms with E-state index in [-0.39, 0.29) is 27.0 Å². The van der Waals surface area contributed by atoms with Crippen LogP contribution in [0.5, 0.6) is 0 Å². The van der Waals surface area contributed by atoms with Gasteiger partial charge in [-0.1, -0.05) is 23.2 Å². The molecule has 1 heterocycles. The third kappa shape index (κ3) is 4.12. The number of carbonyl (C=O) groups is 1. The predicted molar refractivity (Wildman–Crippen MR) is 107 cm³/mol. The van der Waals surface area contributed by atoms with E-state index in [9.17, 15) is 24.0 Å². The van der Waals surface area contributed by atoms with Crippen LogP contribution in [0.3, 0.4) is 0 Å². The summed E-state index contributed by atoms with van der Waals surface area (Å²) in [5.74, 6) is -0.265. The van der Waals surface area contributed by atoms with Gasteiger partial charge in [-0.3, -0.25) is 28.3 Å². The zero-order valence-corrected chi connectivity index (χ0v) is 16.1. The summed E-state index contributed by atoms with van der Waals surface area (Å²) >= 11 is 12.0. The average molecular weight is 432 g/mol. The molecule has 3 N–H and O–H groups in total. The van der Waals surface area contributed by atoms with E-state index in [2.05, 4.69) is 5.32 Å². The van der Waals surface area contributed by atoms with Gasteiger partial charge in [0.05, 0.1) is 26.9 Å². The van der Waals surface area contributed by atoms with Crippen LogP contribution in [0.1, 0.15) is 16.8 Å². The van der Waals surface area contributed by atoms with E-state index >= 15 is 0 Å². The minimum absolute atomic E-state index is 0.0370. The van der Waals surface area contributed by atoms with Crippen molar-refractivity contribution in [3.05, 3.63) is 62.1 Å². The standard InChI is InChI=1S/C16H15Cl2N3O5S/c17-13-5-2-10(8-15(13)21(23)24)19-16(22)12-4-3-11(9-14(12)18)20-6-1-7-27(20,25)26/h2-5,8-9,25-26H,1,6-7H2,(H,19,22). The maximum absolute atomic E-state index is 12.5. The molecule has 3 rings (SSSR count). The number of rotatable bonds is 4. The number of carbonyl (C=O) groups excluding carboxylic acids is 1. The van der Waals surface area contributed by atoms with Crippen molar-refractivity contribution in [2.75, 3.05) is 21.9 Å². The Labute approximate surface area is 166 Å². The third-order valence-electron chi connectivity index (χ3n) is 4.02. The fraction of sp³-hybridized carbons (Fsp3) is 0.188. The molecule has 1 amide bonds. The van der Waals surface area contributed by atoms with Gasteiger partial charge in [0.25, 0.3) is 11.6 Å². The van der Waals surface area contributed by atoms with Crippen molar-refractivity contribution in [2.45, 2.75) is 6.42 Å². The van der Waals surface area contributed by atoms with Crippen molar-refractivity contribution < 1.29 is 18.8 Å². The molecule has 0 aromatic heterocycles. The number of benzene rings is 2. The first-order valence-corrected chi connectivity index (χ1v) is 10.2. The smallest absolute Gasteiger partial charge is 0.289 e. The van der Waals surface area contributed by atoms with Crippen LogP contribution in [0, 0.1) is 10.1 Å². The van der Waals surface area contributed by atoms with Gasteiger partial charge >= 0.3 is 0 Å².